The van der Waals surface area contributed by atoms with Crippen LogP contribution in [-0.4, -0.2) is 47.1 Å². The van der Waals surface area contributed by atoms with Crippen LogP contribution in [0.4, 0.5) is 0 Å². The van der Waals surface area contributed by atoms with Crippen LogP contribution in [0.5, 0.6) is 5.75 Å². The van der Waals surface area contributed by atoms with E-state index in [1.165, 1.54) is 18.4 Å². The lowest BCUT2D eigenvalue weighted by Gasteiger charge is -2.28. The molecule has 0 aliphatic carbocycles. The van der Waals surface area contributed by atoms with Crippen molar-refractivity contribution in [3.8, 4) is 5.75 Å². The third-order valence-electron chi connectivity index (χ3n) is 4.61. The van der Waals surface area contributed by atoms with Crippen molar-refractivity contribution >= 4 is 17.4 Å². The van der Waals surface area contributed by atoms with Gasteiger partial charge in [0, 0.05) is 6.54 Å². The number of nitrogens with one attached hydrogen (secondary N) is 1. The van der Waals surface area contributed by atoms with Gasteiger partial charge in [0.05, 0.1) is 18.8 Å². The van der Waals surface area contributed by atoms with E-state index in [4.69, 9.17) is 4.74 Å². The molecule has 0 radical (unpaired) electrons. The van der Waals surface area contributed by atoms with Gasteiger partial charge < -0.3 is 10.1 Å². The van der Waals surface area contributed by atoms with E-state index in [1.54, 1.807) is 7.11 Å². The first-order valence-electron chi connectivity index (χ1n) is 8.70. The molecule has 1 aromatic carbocycles. The van der Waals surface area contributed by atoms with Crippen molar-refractivity contribution in [2.24, 2.45) is 0 Å². The molecule has 1 aliphatic rings. The number of nitrogens with zero attached hydrogens (tertiary/aromatic N) is 3. The molecule has 1 aromatic heterocycles. The van der Waals surface area contributed by atoms with Gasteiger partial charge in [0.2, 0.25) is 0 Å². The molecule has 134 valence electrons. The fourth-order valence-electron chi connectivity index (χ4n) is 3.24. The minimum Gasteiger partial charge on any atom is -0.497 e. The molecule has 1 atom stereocenters. The highest BCUT2D eigenvalue weighted by atomic mass is 32.1. The van der Waals surface area contributed by atoms with Crippen molar-refractivity contribution < 1.29 is 9.53 Å². The number of ether oxygens (including phenoxy) is 1. The lowest BCUT2D eigenvalue weighted by Crippen LogP contribution is -2.36. The van der Waals surface area contributed by atoms with E-state index < -0.39 is 0 Å². The summed E-state index contributed by atoms with van der Waals surface area (Å²) in [6, 6.07) is 8.25. The Bertz CT molecular complexity index is 713. The highest BCUT2D eigenvalue weighted by molar-refractivity contribution is 7.08. The molecule has 3 rings (SSSR count). The molecular weight excluding hydrogens is 336 g/mol. The SMILES string of the molecule is CCc1nnsc1C(=O)NCC(c1cccc(OC)c1)N1CCCC1. The summed E-state index contributed by atoms with van der Waals surface area (Å²) in [6.45, 7) is 4.66. The largest absolute Gasteiger partial charge is 0.497 e. The van der Waals surface area contributed by atoms with Gasteiger partial charge in [0.25, 0.3) is 5.91 Å². The second-order valence-corrected chi connectivity index (χ2v) is 6.90. The van der Waals surface area contributed by atoms with Gasteiger partial charge >= 0.3 is 0 Å². The van der Waals surface area contributed by atoms with Crippen LogP contribution in [0.2, 0.25) is 0 Å². The molecule has 2 aromatic rings. The molecule has 1 fully saturated rings. The molecule has 0 spiro atoms. The monoisotopic (exact) mass is 360 g/mol. The van der Waals surface area contributed by atoms with Crippen molar-refractivity contribution in [2.45, 2.75) is 32.2 Å². The van der Waals surface area contributed by atoms with Crippen LogP contribution >= 0.6 is 11.5 Å². The summed E-state index contributed by atoms with van der Waals surface area (Å²) in [5, 5.41) is 7.10. The lowest BCUT2D eigenvalue weighted by molar-refractivity contribution is 0.0941. The smallest absolute Gasteiger partial charge is 0.265 e. The molecule has 1 N–H and O–H groups in total. The molecule has 7 heteroatoms. The van der Waals surface area contributed by atoms with E-state index in [-0.39, 0.29) is 11.9 Å². The van der Waals surface area contributed by atoms with Gasteiger partial charge in [-0.2, -0.15) is 0 Å². The summed E-state index contributed by atoms with van der Waals surface area (Å²) in [7, 11) is 1.68. The van der Waals surface area contributed by atoms with Gasteiger partial charge in [-0.05, 0) is 61.6 Å². The Labute approximate surface area is 152 Å². The number of aryl methyl sites for hydroxylation is 1. The lowest BCUT2D eigenvalue weighted by atomic mass is 10.0. The molecule has 0 bridgehead atoms. The third kappa shape index (κ3) is 4.16. The Balaban J connectivity index is 1.75. The Morgan fingerprint density at radius 3 is 2.92 bits per heavy atom. The summed E-state index contributed by atoms with van der Waals surface area (Å²) in [6.07, 6.45) is 3.12. The topological polar surface area (TPSA) is 67.3 Å². The first kappa shape index (κ1) is 17.8. The van der Waals surface area contributed by atoms with E-state index in [0.717, 1.165) is 36.1 Å². The summed E-state index contributed by atoms with van der Waals surface area (Å²) >= 11 is 1.16. The Hall–Kier alpha value is -1.99. The normalized spacial score (nSPS) is 15.9. The molecule has 1 unspecified atom stereocenters. The van der Waals surface area contributed by atoms with Gasteiger partial charge in [0.1, 0.15) is 10.6 Å². The number of hydrogen-bond acceptors (Lipinski definition) is 6. The van der Waals surface area contributed by atoms with E-state index >= 15 is 0 Å². The Morgan fingerprint density at radius 2 is 2.20 bits per heavy atom. The molecule has 25 heavy (non-hydrogen) atoms. The minimum atomic E-state index is -0.0843. The third-order valence-corrected chi connectivity index (χ3v) is 5.38. The van der Waals surface area contributed by atoms with E-state index in [9.17, 15) is 4.79 Å². The molecule has 1 aliphatic heterocycles. The number of hydrogen-bond donors (Lipinski definition) is 1. The quantitative estimate of drug-likeness (QED) is 0.822. The van der Waals surface area contributed by atoms with Gasteiger partial charge in [-0.1, -0.05) is 23.5 Å². The predicted octanol–water partition coefficient (Wildman–Crippen LogP) is 2.68. The van der Waals surface area contributed by atoms with Gasteiger partial charge in [-0.15, -0.1) is 5.10 Å². The van der Waals surface area contributed by atoms with Crippen LogP contribution < -0.4 is 10.1 Å². The number of carbonyl (C=O) groups is 1. The van der Waals surface area contributed by atoms with Crippen LogP contribution in [0.25, 0.3) is 0 Å². The maximum absolute atomic E-state index is 12.5. The first-order valence-corrected chi connectivity index (χ1v) is 9.47. The minimum absolute atomic E-state index is 0.0843. The van der Waals surface area contributed by atoms with Crippen LogP contribution in [0.15, 0.2) is 24.3 Å². The predicted molar refractivity (Wildman–Crippen MR) is 98.2 cm³/mol. The number of methoxy groups -OCH3 is 1. The van der Waals surface area contributed by atoms with Crippen molar-refractivity contribution in [2.75, 3.05) is 26.7 Å². The first-order chi connectivity index (χ1) is 12.2. The summed E-state index contributed by atoms with van der Waals surface area (Å²) in [4.78, 5) is 15.6. The highest BCUT2D eigenvalue weighted by Crippen LogP contribution is 2.27. The van der Waals surface area contributed by atoms with Crippen LogP contribution in [0, 0.1) is 0 Å². The van der Waals surface area contributed by atoms with Crippen LogP contribution in [0.1, 0.15) is 46.7 Å². The molecule has 1 saturated heterocycles. The second-order valence-electron chi connectivity index (χ2n) is 6.15. The zero-order chi connectivity index (χ0) is 17.6. The number of aromatic nitrogens is 2. The molecule has 6 nitrogen and oxygen atoms in total. The number of benzene rings is 1. The van der Waals surface area contributed by atoms with Gasteiger partial charge in [-0.25, -0.2) is 0 Å². The van der Waals surface area contributed by atoms with Crippen molar-refractivity contribution in [1.29, 1.82) is 0 Å². The summed E-state index contributed by atoms with van der Waals surface area (Å²) in [5.74, 6) is 0.756. The zero-order valence-electron chi connectivity index (χ0n) is 14.7. The Morgan fingerprint density at radius 1 is 1.40 bits per heavy atom. The maximum Gasteiger partial charge on any atom is 0.265 e. The average Bonchev–Trinajstić information content (AvgIpc) is 3.33. The van der Waals surface area contributed by atoms with E-state index in [0.29, 0.717) is 17.8 Å². The van der Waals surface area contributed by atoms with Gasteiger partial charge in [0.15, 0.2) is 0 Å². The van der Waals surface area contributed by atoms with E-state index in [1.807, 2.05) is 19.1 Å². The zero-order valence-corrected chi connectivity index (χ0v) is 15.5. The Kier molecular flexibility index (Phi) is 5.99. The number of likely N-dealkylation sites (tertiary alicyclic amines) is 1. The summed E-state index contributed by atoms with van der Waals surface area (Å²) < 4.78 is 9.27. The van der Waals surface area contributed by atoms with Crippen molar-refractivity contribution in [3.63, 3.8) is 0 Å². The molecule has 1 amide bonds. The average molecular weight is 360 g/mol. The molecule has 2 heterocycles. The second kappa shape index (κ2) is 8.40. The van der Waals surface area contributed by atoms with Crippen molar-refractivity contribution in [3.05, 3.63) is 40.4 Å². The van der Waals surface area contributed by atoms with Crippen LogP contribution in [0.3, 0.4) is 0 Å². The fraction of sp³-hybridized carbons (Fsp3) is 0.500. The van der Waals surface area contributed by atoms with E-state index in [2.05, 4.69) is 31.9 Å². The highest BCUT2D eigenvalue weighted by Gasteiger charge is 2.25. The van der Waals surface area contributed by atoms with Gasteiger partial charge in [-0.3, -0.25) is 9.69 Å². The number of carbonyl (C=O) groups excluding carboxylic acids is 1. The van der Waals surface area contributed by atoms with Crippen molar-refractivity contribution in [1.82, 2.24) is 19.8 Å². The summed E-state index contributed by atoms with van der Waals surface area (Å²) in [5.41, 5.74) is 1.93. The molecule has 0 saturated carbocycles. The maximum atomic E-state index is 12.5. The standard InChI is InChI=1S/C18H24N4O2S/c1-3-15-17(25-21-20-15)18(23)19-12-16(22-9-4-5-10-22)13-7-6-8-14(11-13)24-2/h6-8,11,16H,3-5,9-10,12H2,1-2H3,(H,19,23). The molecular formula is C18H24N4O2S. The number of rotatable bonds is 7. The van der Waals surface area contributed by atoms with Crippen LogP contribution in [-0.2, 0) is 6.42 Å². The number of amides is 1. The fourth-order valence-corrected chi connectivity index (χ4v) is 3.91.